The van der Waals surface area contributed by atoms with E-state index in [4.69, 9.17) is 9.47 Å². The smallest absolute Gasteiger partial charge is 0.325 e. The van der Waals surface area contributed by atoms with Gasteiger partial charge in [0.2, 0.25) is 11.8 Å². The van der Waals surface area contributed by atoms with Gasteiger partial charge in [0.15, 0.2) is 0 Å². The molecule has 8 heteroatoms. The van der Waals surface area contributed by atoms with Crippen LogP contribution in [0.2, 0.25) is 0 Å². The van der Waals surface area contributed by atoms with Gasteiger partial charge in [-0.3, -0.25) is 19.7 Å². The molecule has 0 radical (unpaired) electrons. The zero-order valence-corrected chi connectivity index (χ0v) is 17.3. The lowest BCUT2D eigenvalue weighted by Gasteiger charge is -2.19. The molecule has 0 saturated carbocycles. The van der Waals surface area contributed by atoms with E-state index in [1.54, 1.807) is 6.92 Å². The van der Waals surface area contributed by atoms with Crippen LogP contribution in [0.15, 0.2) is 30.3 Å². The molecule has 8 nitrogen and oxygen atoms in total. The van der Waals surface area contributed by atoms with Gasteiger partial charge in [0.1, 0.15) is 18.1 Å². The van der Waals surface area contributed by atoms with Gasteiger partial charge in [0, 0.05) is 19.6 Å². The SMILES string of the molecule is CCOC(=O)[C@H]1N[C@@H]1C(=O)N[C@@H](Cc1ccccc1)C(=O)NCCCOC(C)C. The van der Waals surface area contributed by atoms with E-state index in [2.05, 4.69) is 16.0 Å². The molecule has 0 aromatic heterocycles. The number of carbonyl (C=O) groups excluding carboxylic acids is 3. The summed E-state index contributed by atoms with van der Waals surface area (Å²) in [4.78, 5) is 36.9. The fraction of sp³-hybridized carbons (Fsp3) is 0.571. The topological polar surface area (TPSA) is 116 Å². The van der Waals surface area contributed by atoms with Crippen LogP contribution in [0.3, 0.4) is 0 Å². The maximum Gasteiger partial charge on any atom is 0.325 e. The third kappa shape index (κ3) is 7.83. The first-order chi connectivity index (χ1) is 13.9. The molecule has 160 valence electrons. The summed E-state index contributed by atoms with van der Waals surface area (Å²) in [6, 6.07) is 7.41. The predicted molar refractivity (Wildman–Crippen MR) is 108 cm³/mol. The Labute approximate surface area is 171 Å². The standard InChI is InChI=1S/C21H31N3O5/c1-4-28-21(27)18-17(24-18)20(26)23-16(13-15-9-6-5-7-10-15)19(25)22-11-8-12-29-14(2)3/h5-7,9-10,14,16-18,24H,4,8,11-13H2,1-3H3,(H,22,25)(H,23,26)/t16-,17-,18-/m0/s1. The molecule has 3 N–H and O–H groups in total. The number of benzene rings is 1. The van der Waals surface area contributed by atoms with E-state index in [1.165, 1.54) is 0 Å². The van der Waals surface area contributed by atoms with Crippen LogP contribution in [0.4, 0.5) is 0 Å². The molecule has 29 heavy (non-hydrogen) atoms. The summed E-state index contributed by atoms with van der Waals surface area (Å²) in [7, 11) is 0. The summed E-state index contributed by atoms with van der Waals surface area (Å²) in [5.74, 6) is -1.11. The van der Waals surface area contributed by atoms with Crippen molar-refractivity contribution >= 4 is 17.8 Å². The van der Waals surface area contributed by atoms with Gasteiger partial charge in [0.05, 0.1) is 12.7 Å². The Bertz CT molecular complexity index is 680. The lowest BCUT2D eigenvalue weighted by atomic mass is 10.0. The molecular weight excluding hydrogens is 374 g/mol. The van der Waals surface area contributed by atoms with E-state index in [0.717, 1.165) is 5.56 Å². The highest BCUT2D eigenvalue weighted by molar-refractivity contribution is 5.97. The molecule has 2 rings (SSSR count). The molecular formula is C21H31N3O5. The van der Waals surface area contributed by atoms with Crippen LogP contribution in [-0.4, -0.2) is 61.8 Å². The van der Waals surface area contributed by atoms with Crippen LogP contribution < -0.4 is 16.0 Å². The van der Waals surface area contributed by atoms with Gasteiger partial charge in [-0.2, -0.15) is 0 Å². The van der Waals surface area contributed by atoms with Crippen LogP contribution >= 0.6 is 0 Å². The van der Waals surface area contributed by atoms with Crippen molar-refractivity contribution in [3.63, 3.8) is 0 Å². The molecule has 0 aliphatic carbocycles. The molecule has 0 unspecified atom stereocenters. The summed E-state index contributed by atoms with van der Waals surface area (Å²) < 4.78 is 10.4. The first-order valence-electron chi connectivity index (χ1n) is 10.1. The molecule has 1 fully saturated rings. The summed E-state index contributed by atoms with van der Waals surface area (Å²) >= 11 is 0. The molecule has 1 aliphatic heterocycles. The molecule has 0 spiro atoms. The number of hydrogen-bond acceptors (Lipinski definition) is 6. The van der Waals surface area contributed by atoms with Crippen LogP contribution in [0.25, 0.3) is 0 Å². The third-order valence-electron chi connectivity index (χ3n) is 4.39. The van der Waals surface area contributed by atoms with Gasteiger partial charge >= 0.3 is 5.97 Å². The van der Waals surface area contributed by atoms with Crippen molar-refractivity contribution in [2.75, 3.05) is 19.8 Å². The summed E-state index contributed by atoms with van der Waals surface area (Å²) in [5.41, 5.74) is 0.932. The second-order valence-corrected chi connectivity index (χ2v) is 7.19. The number of ether oxygens (including phenoxy) is 2. The highest BCUT2D eigenvalue weighted by Crippen LogP contribution is 2.14. The van der Waals surface area contributed by atoms with Crippen LogP contribution in [0.1, 0.15) is 32.8 Å². The molecule has 1 heterocycles. The van der Waals surface area contributed by atoms with E-state index in [0.29, 0.717) is 26.0 Å². The number of rotatable bonds is 12. The van der Waals surface area contributed by atoms with Crippen LogP contribution in [0, 0.1) is 0 Å². The Morgan fingerprint density at radius 2 is 1.86 bits per heavy atom. The number of hydrogen-bond donors (Lipinski definition) is 3. The first kappa shape index (κ1) is 22.8. The number of amides is 2. The van der Waals surface area contributed by atoms with Gasteiger partial charge in [-0.05, 0) is 32.8 Å². The zero-order valence-electron chi connectivity index (χ0n) is 17.3. The van der Waals surface area contributed by atoms with Gasteiger partial charge < -0.3 is 20.1 Å². The monoisotopic (exact) mass is 405 g/mol. The number of esters is 1. The van der Waals surface area contributed by atoms with Gasteiger partial charge in [-0.1, -0.05) is 30.3 Å². The van der Waals surface area contributed by atoms with Crippen LogP contribution in [-0.2, 0) is 30.3 Å². The molecule has 1 aliphatic rings. The fourth-order valence-corrected chi connectivity index (χ4v) is 2.85. The summed E-state index contributed by atoms with van der Waals surface area (Å²) in [6.45, 7) is 6.90. The van der Waals surface area contributed by atoms with E-state index in [1.807, 2.05) is 44.2 Å². The second kappa shape index (κ2) is 11.5. The largest absolute Gasteiger partial charge is 0.465 e. The minimum atomic E-state index is -0.735. The minimum Gasteiger partial charge on any atom is -0.465 e. The molecule has 2 amide bonds. The van der Waals surface area contributed by atoms with Crippen molar-refractivity contribution in [3.05, 3.63) is 35.9 Å². The van der Waals surface area contributed by atoms with E-state index >= 15 is 0 Å². The van der Waals surface area contributed by atoms with E-state index in [-0.39, 0.29) is 24.5 Å². The Balaban J connectivity index is 1.90. The average molecular weight is 405 g/mol. The lowest BCUT2D eigenvalue weighted by molar-refractivity contribution is -0.143. The van der Waals surface area contributed by atoms with Crippen molar-refractivity contribution in [3.8, 4) is 0 Å². The Kier molecular flexibility index (Phi) is 9.08. The van der Waals surface area contributed by atoms with Gasteiger partial charge in [-0.25, -0.2) is 0 Å². The highest BCUT2D eigenvalue weighted by atomic mass is 16.5. The van der Waals surface area contributed by atoms with Gasteiger partial charge in [0.25, 0.3) is 0 Å². The van der Waals surface area contributed by atoms with Crippen molar-refractivity contribution < 1.29 is 23.9 Å². The normalized spacial score (nSPS) is 18.8. The predicted octanol–water partition coefficient (Wildman–Crippen LogP) is 0.549. The maximum absolute atomic E-state index is 12.7. The maximum atomic E-state index is 12.7. The van der Waals surface area contributed by atoms with E-state index < -0.39 is 24.1 Å². The van der Waals surface area contributed by atoms with E-state index in [9.17, 15) is 14.4 Å². The second-order valence-electron chi connectivity index (χ2n) is 7.19. The Morgan fingerprint density at radius 1 is 1.14 bits per heavy atom. The van der Waals surface area contributed by atoms with Crippen LogP contribution in [0.5, 0.6) is 0 Å². The molecule has 3 atom stereocenters. The third-order valence-corrected chi connectivity index (χ3v) is 4.39. The Hall–Kier alpha value is -2.45. The lowest BCUT2D eigenvalue weighted by Crippen LogP contribution is -2.50. The molecule has 1 aromatic rings. The molecule has 0 bridgehead atoms. The number of nitrogens with one attached hydrogen (secondary N) is 3. The Morgan fingerprint density at radius 3 is 2.52 bits per heavy atom. The van der Waals surface area contributed by atoms with Crippen molar-refractivity contribution in [2.24, 2.45) is 0 Å². The number of carbonyl (C=O) groups is 3. The first-order valence-corrected chi connectivity index (χ1v) is 10.1. The molecule has 1 saturated heterocycles. The summed E-state index contributed by atoms with van der Waals surface area (Å²) in [6.07, 6.45) is 1.19. The van der Waals surface area contributed by atoms with Crippen molar-refractivity contribution in [1.82, 2.24) is 16.0 Å². The summed E-state index contributed by atoms with van der Waals surface area (Å²) in [5, 5.41) is 8.41. The quantitative estimate of drug-likeness (QED) is 0.266. The minimum absolute atomic E-state index is 0.147. The highest BCUT2D eigenvalue weighted by Gasteiger charge is 2.49. The van der Waals surface area contributed by atoms with Crippen molar-refractivity contribution in [2.45, 2.75) is 57.8 Å². The fourth-order valence-electron chi connectivity index (χ4n) is 2.85. The molecule has 1 aromatic carbocycles. The zero-order chi connectivity index (χ0) is 21.2. The van der Waals surface area contributed by atoms with Gasteiger partial charge in [-0.15, -0.1) is 0 Å². The van der Waals surface area contributed by atoms with Crippen molar-refractivity contribution in [1.29, 1.82) is 0 Å². The average Bonchev–Trinajstić information content (AvgIpc) is 3.49.